The lowest BCUT2D eigenvalue weighted by atomic mass is 10.2. The molecule has 2 rings (SSSR count). The zero-order valence-corrected chi connectivity index (χ0v) is 9.09. The van der Waals surface area contributed by atoms with Crippen LogP contribution in [0.1, 0.15) is 30.6 Å². The van der Waals surface area contributed by atoms with Gasteiger partial charge in [0.2, 0.25) is 0 Å². The molecule has 0 aromatic carbocycles. The van der Waals surface area contributed by atoms with E-state index >= 15 is 0 Å². The highest BCUT2D eigenvalue weighted by molar-refractivity contribution is 7.06. The van der Waals surface area contributed by atoms with Crippen molar-refractivity contribution in [2.45, 2.75) is 32.2 Å². The quantitative estimate of drug-likeness (QED) is 0.807. The molecule has 1 aromatic heterocycles. The largest absolute Gasteiger partial charge is 0.381 e. The third kappa shape index (κ3) is 2.42. The zero-order chi connectivity index (χ0) is 9.80. The maximum atomic E-state index is 5.71. The number of hydrogen-bond donors (Lipinski definition) is 1. The molecule has 0 atom stereocenters. The number of anilines is 1. The van der Waals surface area contributed by atoms with Crippen LogP contribution in [-0.4, -0.2) is 27.6 Å². The van der Waals surface area contributed by atoms with Crippen molar-refractivity contribution in [3.63, 3.8) is 0 Å². The maximum absolute atomic E-state index is 5.71. The normalized spacial score (nSPS) is 19.4. The number of aromatic nitrogens is 2. The van der Waals surface area contributed by atoms with E-state index in [2.05, 4.69) is 14.5 Å². The fourth-order valence-electron chi connectivity index (χ4n) is 1.82. The number of likely N-dealkylation sites (tertiary alicyclic amines) is 1. The molecule has 1 fully saturated rings. The molecule has 1 saturated heterocycles. The van der Waals surface area contributed by atoms with Gasteiger partial charge < -0.3 is 5.73 Å². The van der Waals surface area contributed by atoms with E-state index in [-0.39, 0.29) is 0 Å². The predicted octanol–water partition coefficient (Wildman–Crippen LogP) is 1.50. The van der Waals surface area contributed by atoms with Gasteiger partial charge in [0, 0.05) is 6.54 Å². The van der Waals surface area contributed by atoms with Crippen molar-refractivity contribution in [3.8, 4) is 0 Å². The number of nitrogens with zero attached hydrogens (tertiary/aromatic N) is 3. The van der Waals surface area contributed by atoms with Gasteiger partial charge in [-0.1, -0.05) is 17.3 Å². The van der Waals surface area contributed by atoms with Crippen molar-refractivity contribution in [2.24, 2.45) is 0 Å². The Morgan fingerprint density at radius 1 is 1.21 bits per heavy atom. The van der Waals surface area contributed by atoms with Crippen LogP contribution in [-0.2, 0) is 6.54 Å². The van der Waals surface area contributed by atoms with Gasteiger partial charge in [-0.3, -0.25) is 4.90 Å². The van der Waals surface area contributed by atoms with E-state index < -0.39 is 0 Å². The van der Waals surface area contributed by atoms with E-state index in [1.807, 2.05) is 0 Å². The Morgan fingerprint density at radius 2 is 1.93 bits per heavy atom. The topological polar surface area (TPSA) is 55.0 Å². The smallest absolute Gasteiger partial charge is 0.163 e. The lowest BCUT2D eigenvalue weighted by Crippen LogP contribution is -2.23. The summed E-state index contributed by atoms with van der Waals surface area (Å²) in [6.45, 7) is 3.32. The first-order valence-corrected chi connectivity index (χ1v) is 5.92. The van der Waals surface area contributed by atoms with Gasteiger partial charge in [-0.2, -0.15) is 0 Å². The maximum Gasteiger partial charge on any atom is 0.163 e. The molecule has 0 radical (unpaired) electrons. The second-order valence-corrected chi connectivity index (χ2v) is 4.61. The standard InChI is InChI=1S/C9H16N4S/c10-9-8(14-12-11-9)7-13-5-3-1-2-4-6-13/h1-7,10H2. The van der Waals surface area contributed by atoms with E-state index in [1.165, 1.54) is 50.3 Å². The van der Waals surface area contributed by atoms with Crippen molar-refractivity contribution in [1.29, 1.82) is 0 Å². The Bertz CT molecular complexity index is 278. The summed E-state index contributed by atoms with van der Waals surface area (Å²) < 4.78 is 3.85. The van der Waals surface area contributed by atoms with Crippen LogP contribution in [0.25, 0.3) is 0 Å². The molecule has 5 heteroatoms. The highest BCUT2D eigenvalue weighted by Gasteiger charge is 2.12. The predicted molar refractivity (Wildman–Crippen MR) is 58.1 cm³/mol. The fraction of sp³-hybridized carbons (Fsp3) is 0.778. The number of nitrogens with two attached hydrogens (primary N) is 1. The second kappa shape index (κ2) is 4.70. The molecule has 14 heavy (non-hydrogen) atoms. The van der Waals surface area contributed by atoms with Crippen LogP contribution in [0.3, 0.4) is 0 Å². The van der Waals surface area contributed by atoms with Gasteiger partial charge in [-0.05, 0) is 37.5 Å². The molecule has 0 bridgehead atoms. The van der Waals surface area contributed by atoms with E-state index in [9.17, 15) is 0 Å². The van der Waals surface area contributed by atoms with Crippen LogP contribution in [0, 0.1) is 0 Å². The summed E-state index contributed by atoms with van der Waals surface area (Å²) in [6.07, 6.45) is 5.36. The minimum absolute atomic E-state index is 0.610. The molecule has 4 nitrogen and oxygen atoms in total. The summed E-state index contributed by atoms with van der Waals surface area (Å²) in [5.41, 5.74) is 5.71. The first kappa shape index (κ1) is 9.86. The first-order valence-electron chi connectivity index (χ1n) is 5.15. The molecule has 78 valence electrons. The van der Waals surface area contributed by atoms with Crippen molar-refractivity contribution >= 4 is 17.4 Å². The number of nitrogen functional groups attached to an aromatic ring is 1. The summed E-state index contributed by atoms with van der Waals surface area (Å²) in [5, 5.41) is 3.83. The van der Waals surface area contributed by atoms with Gasteiger partial charge in [0.25, 0.3) is 0 Å². The molecule has 0 saturated carbocycles. The van der Waals surface area contributed by atoms with Gasteiger partial charge in [-0.15, -0.1) is 5.10 Å². The Balaban J connectivity index is 1.92. The van der Waals surface area contributed by atoms with E-state index in [4.69, 9.17) is 5.73 Å². The Morgan fingerprint density at radius 3 is 2.50 bits per heavy atom. The molecule has 1 aliphatic rings. The lowest BCUT2D eigenvalue weighted by Gasteiger charge is -2.18. The summed E-state index contributed by atoms with van der Waals surface area (Å²) in [4.78, 5) is 3.57. The van der Waals surface area contributed by atoms with Gasteiger partial charge in [-0.25, -0.2) is 0 Å². The molecular weight excluding hydrogens is 196 g/mol. The molecule has 1 aliphatic heterocycles. The fourth-order valence-corrected chi connectivity index (χ4v) is 2.43. The van der Waals surface area contributed by atoms with Gasteiger partial charge in [0.15, 0.2) is 5.82 Å². The second-order valence-electron chi connectivity index (χ2n) is 3.77. The number of hydrogen-bond acceptors (Lipinski definition) is 5. The van der Waals surface area contributed by atoms with E-state index in [0.717, 1.165) is 11.4 Å². The summed E-state index contributed by atoms with van der Waals surface area (Å²) in [7, 11) is 0. The molecular formula is C9H16N4S. The van der Waals surface area contributed by atoms with Gasteiger partial charge in [0.05, 0.1) is 4.88 Å². The minimum Gasteiger partial charge on any atom is -0.381 e. The summed E-state index contributed by atoms with van der Waals surface area (Å²) in [6, 6.07) is 0. The summed E-state index contributed by atoms with van der Waals surface area (Å²) in [5.74, 6) is 0.610. The molecule has 0 amide bonds. The molecule has 0 aliphatic carbocycles. The number of rotatable bonds is 2. The zero-order valence-electron chi connectivity index (χ0n) is 8.28. The highest BCUT2D eigenvalue weighted by atomic mass is 32.1. The average molecular weight is 212 g/mol. The SMILES string of the molecule is Nc1nnsc1CN1CCCCCC1. The third-order valence-corrected chi connectivity index (χ3v) is 3.37. The molecule has 2 N–H and O–H groups in total. The lowest BCUT2D eigenvalue weighted by molar-refractivity contribution is 0.279. The Hall–Kier alpha value is -0.680. The Labute approximate surface area is 88.3 Å². The van der Waals surface area contributed by atoms with E-state index in [0.29, 0.717) is 5.82 Å². The van der Waals surface area contributed by atoms with Crippen LogP contribution in [0.15, 0.2) is 0 Å². The van der Waals surface area contributed by atoms with Crippen LogP contribution >= 0.6 is 11.5 Å². The van der Waals surface area contributed by atoms with E-state index in [1.54, 1.807) is 0 Å². The van der Waals surface area contributed by atoms with Gasteiger partial charge in [0.1, 0.15) is 0 Å². The van der Waals surface area contributed by atoms with Crippen LogP contribution in [0.4, 0.5) is 5.82 Å². The Kier molecular flexibility index (Phi) is 3.31. The average Bonchev–Trinajstić information content (AvgIpc) is 2.44. The summed E-state index contributed by atoms with van der Waals surface area (Å²) >= 11 is 1.42. The van der Waals surface area contributed by atoms with Crippen molar-refractivity contribution in [1.82, 2.24) is 14.5 Å². The molecule has 2 heterocycles. The third-order valence-electron chi connectivity index (χ3n) is 2.65. The van der Waals surface area contributed by atoms with Crippen molar-refractivity contribution < 1.29 is 0 Å². The monoisotopic (exact) mass is 212 g/mol. The molecule has 0 spiro atoms. The molecule has 1 aromatic rings. The van der Waals surface area contributed by atoms with Crippen LogP contribution in [0.5, 0.6) is 0 Å². The van der Waals surface area contributed by atoms with Crippen molar-refractivity contribution in [2.75, 3.05) is 18.8 Å². The first-order chi connectivity index (χ1) is 6.86. The van der Waals surface area contributed by atoms with Crippen LogP contribution < -0.4 is 5.73 Å². The van der Waals surface area contributed by atoms with Gasteiger partial charge >= 0.3 is 0 Å². The van der Waals surface area contributed by atoms with Crippen LogP contribution in [0.2, 0.25) is 0 Å². The minimum atomic E-state index is 0.610. The highest BCUT2D eigenvalue weighted by Crippen LogP contribution is 2.18. The van der Waals surface area contributed by atoms with Crippen molar-refractivity contribution in [3.05, 3.63) is 4.88 Å². The molecule has 0 unspecified atom stereocenters.